The number of alkyl halides is 1. The average molecular weight is 318 g/mol. The molecule has 2 aromatic carbocycles. The van der Waals surface area contributed by atoms with Crippen molar-refractivity contribution in [1.29, 1.82) is 0 Å². The second kappa shape index (κ2) is 5.55. The number of rotatable bonds is 2. The monoisotopic (exact) mass is 317 g/mol. The van der Waals surface area contributed by atoms with Gasteiger partial charge in [-0.3, -0.25) is 4.79 Å². The molecule has 0 spiro atoms. The average Bonchev–Trinajstić information content (AvgIpc) is 2.51. The second-order valence-corrected chi connectivity index (χ2v) is 5.58. The summed E-state index contributed by atoms with van der Waals surface area (Å²) in [6.07, 6.45) is 0. The molecule has 0 fully saturated rings. The maximum absolute atomic E-state index is 12.5. The van der Waals surface area contributed by atoms with E-state index in [4.69, 9.17) is 23.2 Å². The van der Waals surface area contributed by atoms with Crippen molar-refractivity contribution in [1.82, 2.24) is 4.57 Å². The molecule has 3 rings (SSSR count). The molecule has 3 aromatic rings. The van der Waals surface area contributed by atoms with Crippen LogP contribution in [0.25, 0.3) is 21.9 Å². The van der Waals surface area contributed by atoms with Gasteiger partial charge < -0.3 is 4.57 Å². The Morgan fingerprint density at radius 1 is 1.05 bits per heavy atom. The minimum absolute atomic E-state index is 0.0807. The van der Waals surface area contributed by atoms with Gasteiger partial charge >= 0.3 is 0 Å². The van der Waals surface area contributed by atoms with E-state index < -0.39 is 0 Å². The Kier molecular flexibility index (Phi) is 3.75. The van der Waals surface area contributed by atoms with Gasteiger partial charge in [0.25, 0.3) is 5.56 Å². The van der Waals surface area contributed by atoms with Gasteiger partial charge in [0.15, 0.2) is 0 Å². The fraction of sp³-hybridized carbons (Fsp3) is 0.118. The number of pyridine rings is 1. The Balaban J connectivity index is 2.52. The lowest BCUT2D eigenvalue weighted by Gasteiger charge is -2.16. The summed E-state index contributed by atoms with van der Waals surface area (Å²) >= 11 is 12.1. The normalized spacial score (nSPS) is 11.0. The van der Waals surface area contributed by atoms with E-state index in [1.165, 1.54) is 0 Å². The van der Waals surface area contributed by atoms with Crippen molar-refractivity contribution in [2.75, 3.05) is 0 Å². The first-order chi connectivity index (χ1) is 10.1. The van der Waals surface area contributed by atoms with Crippen LogP contribution in [-0.2, 0) is 12.9 Å². The van der Waals surface area contributed by atoms with Crippen LogP contribution < -0.4 is 5.56 Å². The number of halogens is 2. The summed E-state index contributed by atoms with van der Waals surface area (Å²) in [7, 11) is 1.74. The molecule has 4 heteroatoms. The van der Waals surface area contributed by atoms with Crippen LogP contribution in [0, 0.1) is 0 Å². The van der Waals surface area contributed by atoms with E-state index in [1.54, 1.807) is 23.7 Å². The number of aromatic nitrogens is 1. The highest BCUT2D eigenvalue weighted by molar-refractivity contribution is 6.31. The second-order valence-electron chi connectivity index (χ2n) is 4.88. The molecule has 0 atom stereocenters. The molecule has 0 bridgehead atoms. The van der Waals surface area contributed by atoms with Crippen LogP contribution in [0.4, 0.5) is 0 Å². The Hall–Kier alpha value is -1.77. The van der Waals surface area contributed by atoms with Crippen LogP contribution in [0.15, 0.2) is 53.3 Å². The Bertz CT molecular complexity index is 869. The van der Waals surface area contributed by atoms with E-state index in [-0.39, 0.29) is 11.4 Å². The molecule has 106 valence electrons. The molecule has 0 aliphatic carbocycles. The molecular weight excluding hydrogens is 305 g/mol. The first kappa shape index (κ1) is 14.2. The highest BCUT2D eigenvalue weighted by Gasteiger charge is 2.15. The summed E-state index contributed by atoms with van der Waals surface area (Å²) in [6.45, 7) is 0. The van der Waals surface area contributed by atoms with Gasteiger partial charge in [-0.1, -0.05) is 48.0 Å². The zero-order valence-electron chi connectivity index (χ0n) is 11.4. The van der Waals surface area contributed by atoms with Crippen LogP contribution in [-0.4, -0.2) is 4.57 Å². The van der Waals surface area contributed by atoms with E-state index in [0.717, 1.165) is 22.2 Å². The number of nitrogens with zero attached hydrogens (tertiary/aromatic N) is 1. The zero-order valence-corrected chi connectivity index (χ0v) is 12.9. The summed E-state index contributed by atoms with van der Waals surface area (Å²) in [5.41, 5.74) is 2.75. The SMILES string of the molecule is Cn1c(CCl)c(-c2ccccc2)c2ccc(Cl)cc2c1=O. The van der Waals surface area contributed by atoms with E-state index in [9.17, 15) is 4.79 Å². The van der Waals surface area contributed by atoms with Crippen molar-refractivity contribution in [2.45, 2.75) is 5.88 Å². The van der Waals surface area contributed by atoms with Gasteiger partial charge in [-0.2, -0.15) is 0 Å². The molecule has 0 unspecified atom stereocenters. The molecule has 21 heavy (non-hydrogen) atoms. The zero-order chi connectivity index (χ0) is 15.0. The molecule has 0 aliphatic heterocycles. The number of fused-ring (bicyclic) bond motifs is 1. The Morgan fingerprint density at radius 3 is 2.43 bits per heavy atom. The smallest absolute Gasteiger partial charge is 0.258 e. The maximum Gasteiger partial charge on any atom is 0.258 e. The maximum atomic E-state index is 12.5. The molecule has 0 saturated heterocycles. The molecule has 1 aromatic heterocycles. The first-order valence-electron chi connectivity index (χ1n) is 6.56. The number of hydrogen-bond acceptors (Lipinski definition) is 1. The third kappa shape index (κ3) is 2.35. The standard InChI is InChI=1S/C17H13Cl2NO/c1-20-15(10-18)16(11-5-3-2-4-6-11)13-8-7-12(19)9-14(13)17(20)21/h2-9H,10H2,1H3. The first-order valence-corrected chi connectivity index (χ1v) is 7.47. The molecule has 2 nitrogen and oxygen atoms in total. The van der Waals surface area contributed by atoms with Crippen LogP contribution in [0.3, 0.4) is 0 Å². The third-order valence-electron chi connectivity index (χ3n) is 3.67. The van der Waals surface area contributed by atoms with E-state index in [2.05, 4.69) is 0 Å². The summed E-state index contributed by atoms with van der Waals surface area (Å²) in [5.74, 6) is 0.272. The third-order valence-corrected chi connectivity index (χ3v) is 4.16. The van der Waals surface area contributed by atoms with Gasteiger partial charge in [-0.25, -0.2) is 0 Å². The quantitative estimate of drug-likeness (QED) is 0.633. The van der Waals surface area contributed by atoms with Crippen molar-refractivity contribution in [3.63, 3.8) is 0 Å². The van der Waals surface area contributed by atoms with Gasteiger partial charge in [-0.15, -0.1) is 11.6 Å². The summed E-state index contributed by atoms with van der Waals surface area (Å²) < 4.78 is 1.61. The van der Waals surface area contributed by atoms with Crippen LogP contribution in [0.2, 0.25) is 5.02 Å². The van der Waals surface area contributed by atoms with E-state index >= 15 is 0 Å². The van der Waals surface area contributed by atoms with Crippen LogP contribution >= 0.6 is 23.2 Å². The lowest BCUT2D eigenvalue weighted by molar-refractivity contribution is 0.824. The van der Waals surface area contributed by atoms with Crippen molar-refractivity contribution >= 4 is 34.0 Å². The van der Waals surface area contributed by atoms with E-state index in [0.29, 0.717) is 10.4 Å². The molecule has 0 aliphatic rings. The number of hydrogen-bond donors (Lipinski definition) is 0. The van der Waals surface area contributed by atoms with Crippen molar-refractivity contribution < 1.29 is 0 Å². The van der Waals surface area contributed by atoms with Gasteiger partial charge in [0.1, 0.15) is 0 Å². The molecule has 0 N–H and O–H groups in total. The predicted octanol–water partition coefficient (Wildman–Crippen LogP) is 4.60. The Labute approximate surface area is 132 Å². The highest BCUT2D eigenvalue weighted by Crippen LogP contribution is 2.32. The minimum atomic E-state index is -0.0807. The largest absolute Gasteiger partial charge is 0.313 e. The van der Waals surface area contributed by atoms with Crippen LogP contribution in [0.1, 0.15) is 5.69 Å². The lowest BCUT2D eigenvalue weighted by atomic mass is 9.97. The van der Waals surface area contributed by atoms with Gasteiger partial charge in [0, 0.05) is 28.7 Å². The highest BCUT2D eigenvalue weighted by atomic mass is 35.5. The molecule has 0 radical (unpaired) electrons. The molecule has 0 amide bonds. The fourth-order valence-corrected chi connectivity index (χ4v) is 3.11. The molecular formula is C17H13Cl2NO. The van der Waals surface area contributed by atoms with Gasteiger partial charge in [0.2, 0.25) is 0 Å². The summed E-state index contributed by atoms with van der Waals surface area (Å²) in [4.78, 5) is 12.5. The van der Waals surface area contributed by atoms with Crippen LogP contribution in [0.5, 0.6) is 0 Å². The van der Waals surface area contributed by atoms with Crippen molar-refractivity contribution in [3.8, 4) is 11.1 Å². The summed E-state index contributed by atoms with van der Waals surface area (Å²) in [5, 5.41) is 2.04. The Morgan fingerprint density at radius 2 is 1.76 bits per heavy atom. The van der Waals surface area contributed by atoms with Crippen molar-refractivity contribution in [2.24, 2.45) is 7.05 Å². The van der Waals surface area contributed by atoms with E-state index in [1.807, 2.05) is 36.4 Å². The molecule has 0 saturated carbocycles. The topological polar surface area (TPSA) is 22.0 Å². The lowest BCUT2D eigenvalue weighted by Crippen LogP contribution is -2.21. The van der Waals surface area contributed by atoms with Gasteiger partial charge in [-0.05, 0) is 23.1 Å². The van der Waals surface area contributed by atoms with Gasteiger partial charge in [0.05, 0.1) is 5.88 Å². The van der Waals surface area contributed by atoms with Crippen molar-refractivity contribution in [3.05, 3.63) is 69.6 Å². The summed E-state index contributed by atoms with van der Waals surface area (Å²) in [6, 6.07) is 15.3. The predicted molar refractivity (Wildman–Crippen MR) is 89.2 cm³/mol. The minimum Gasteiger partial charge on any atom is -0.313 e. The molecule has 1 heterocycles. The number of benzene rings is 2. The fourth-order valence-electron chi connectivity index (χ4n) is 2.62.